The van der Waals surface area contributed by atoms with Gasteiger partial charge in [0.2, 0.25) is 11.2 Å². The minimum atomic E-state index is -1.23. The maximum absolute atomic E-state index is 12.9. The molecule has 0 spiro atoms. The minimum Gasteiger partial charge on any atom is -0.497 e. The van der Waals surface area contributed by atoms with Gasteiger partial charge in [0.25, 0.3) is 0 Å². The normalized spacial score (nSPS) is 12.0. The van der Waals surface area contributed by atoms with Gasteiger partial charge in [-0.3, -0.25) is 4.79 Å². The number of halogens is 1. The second kappa shape index (κ2) is 7.09. The number of carbonyl (C=O) groups is 1. The predicted molar refractivity (Wildman–Crippen MR) is 97.2 cm³/mol. The van der Waals surface area contributed by atoms with Crippen molar-refractivity contribution in [2.45, 2.75) is 13.0 Å². The summed E-state index contributed by atoms with van der Waals surface area (Å²) in [6.07, 6.45) is -1.23. The van der Waals surface area contributed by atoms with Crippen LogP contribution in [0.4, 0.5) is 0 Å². The molecule has 134 valence electrons. The molecule has 1 heterocycles. The number of ether oxygens (including phenoxy) is 2. The second-order valence-electron chi connectivity index (χ2n) is 5.56. The van der Waals surface area contributed by atoms with Crippen LogP contribution in [0.1, 0.15) is 6.92 Å². The van der Waals surface area contributed by atoms with Crippen LogP contribution < -0.4 is 14.9 Å². The van der Waals surface area contributed by atoms with Gasteiger partial charge >= 0.3 is 5.97 Å². The van der Waals surface area contributed by atoms with E-state index in [0.29, 0.717) is 21.9 Å². The molecular weight excluding hydrogens is 360 g/mol. The molecule has 0 fully saturated rings. The summed E-state index contributed by atoms with van der Waals surface area (Å²) < 4.78 is 16.4. The van der Waals surface area contributed by atoms with Crippen LogP contribution in [-0.4, -0.2) is 24.3 Å². The first-order valence-corrected chi connectivity index (χ1v) is 8.08. The van der Waals surface area contributed by atoms with Crippen molar-refractivity contribution in [3.63, 3.8) is 0 Å². The van der Waals surface area contributed by atoms with E-state index in [9.17, 15) is 9.59 Å². The molecule has 0 saturated carbocycles. The number of benzene rings is 2. The largest absolute Gasteiger partial charge is 0.497 e. The quantitative estimate of drug-likeness (QED) is 0.727. The van der Waals surface area contributed by atoms with Crippen LogP contribution in [0, 0.1) is 0 Å². The second-order valence-corrected chi connectivity index (χ2v) is 5.99. The molecule has 2 aromatic carbocycles. The fourth-order valence-corrected chi connectivity index (χ4v) is 2.59. The molecule has 1 N–H and O–H groups in total. The number of carboxylic acid groups (broad SMARTS) is 1. The van der Waals surface area contributed by atoms with E-state index in [4.69, 9.17) is 30.6 Å². The Kier molecular flexibility index (Phi) is 4.86. The third-order valence-electron chi connectivity index (χ3n) is 3.81. The summed E-state index contributed by atoms with van der Waals surface area (Å²) in [5.41, 5.74) is 0.376. The van der Waals surface area contributed by atoms with Crippen molar-refractivity contribution in [1.82, 2.24) is 0 Å². The lowest BCUT2D eigenvalue weighted by Crippen LogP contribution is -2.26. The molecule has 1 aromatic heterocycles. The lowest BCUT2D eigenvalue weighted by atomic mass is 10.1. The van der Waals surface area contributed by atoms with Crippen molar-refractivity contribution >= 4 is 28.5 Å². The van der Waals surface area contributed by atoms with E-state index in [1.807, 2.05) is 0 Å². The monoisotopic (exact) mass is 374 g/mol. The summed E-state index contributed by atoms with van der Waals surface area (Å²) in [5.74, 6) is -0.610. The summed E-state index contributed by atoms with van der Waals surface area (Å²) in [4.78, 5) is 24.1. The van der Waals surface area contributed by atoms with Gasteiger partial charge in [-0.05, 0) is 49.4 Å². The number of aliphatic carboxylic acids is 1. The molecule has 0 aliphatic heterocycles. The standard InChI is InChI=1S/C19H15ClO6/c1-10(19(22)23)25-18-16(21)14-9-12(20)5-8-15(14)26-17(18)11-3-6-13(24-2)7-4-11/h3-10H,1-2H3,(H,22,23)/t10-/m1/s1. The SMILES string of the molecule is COc1ccc(-c2oc3ccc(Cl)cc3c(=O)c2O[C@H](C)C(=O)O)cc1. The highest BCUT2D eigenvalue weighted by Gasteiger charge is 2.22. The first kappa shape index (κ1) is 17.8. The topological polar surface area (TPSA) is 86.0 Å². The third kappa shape index (κ3) is 3.36. The Hall–Kier alpha value is -2.99. The first-order valence-electron chi connectivity index (χ1n) is 7.71. The lowest BCUT2D eigenvalue weighted by Gasteiger charge is -2.14. The highest BCUT2D eigenvalue weighted by Crippen LogP contribution is 2.33. The van der Waals surface area contributed by atoms with E-state index in [1.165, 1.54) is 20.1 Å². The Morgan fingerprint density at radius 3 is 2.50 bits per heavy atom. The molecule has 0 aliphatic carbocycles. The number of hydrogen-bond acceptors (Lipinski definition) is 5. The number of methoxy groups -OCH3 is 1. The van der Waals surface area contributed by atoms with Crippen LogP contribution in [-0.2, 0) is 4.79 Å². The summed E-state index contributed by atoms with van der Waals surface area (Å²) in [5, 5.41) is 9.70. The molecule has 0 unspecified atom stereocenters. The Bertz CT molecular complexity index is 1020. The Balaban J connectivity index is 2.25. The molecule has 0 saturated heterocycles. The molecule has 3 aromatic rings. The van der Waals surface area contributed by atoms with Gasteiger partial charge in [0, 0.05) is 10.6 Å². The van der Waals surface area contributed by atoms with Crippen LogP contribution in [0.15, 0.2) is 51.7 Å². The van der Waals surface area contributed by atoms with Crippen molar-refractivity contribution in [2.24, 2.45) is 0 Å². The fourth-order valence-electron chi connectivity index (χ4n) is 2.42. The third-order valence-corrected chi connectivity index (χ3v) is 4.04. The molecule has 3 rings (SSSR count). The summed E-state index contributed by atoms with van der Waals surface area (Å²) in [6, 6.07) is 11.4. The van der Waals surface area contributed by atoms with Crippen LogP contribution in [0.25, 0.3) is 22.3 Å². The van der Waals surface area contributed by atoms with Crippen LogP contribution in [0.5, 0.6) is 11.5 Å². The van der Waals surface area contributed by atoms with Gasteiger partial charge in [0.05, 0.1) is 12.5 Å². The zero-order valence-corrected chi connectivity index (χ0v) is 14.7. The summed E-state index contributed by atoms with van der Waals surface area (Å²) in [7, 11) is 1.54. The smallest absolute Gasteiger partial charge is 0.344 e. The Morgan fingerprint density at radius 2 is 1.88 bits per heavy atom. The highest BCUT2D eigenvalue weighted by molar-refractivity contribution is 6.31. The number of rotatable bonds is 5. The molecule has 6 nitrogen and oxygen atoms in total. The van der Waals surface area contributed by atoms with E-state index >= 15 is 0 Å². The van der Waals surface area contributed by atoms with Crippen LogP contribution >= 0.6 is 11.6 Å². The van der Waals surface area contributed by atoms with Gasteiger partial charge in [-0.1, -0.05) is 11.6 Å². The van der Waals surface area contributed by atoms with Gasteiger partial charge in [0.15, 0.2) is 11.9 Å². The molecule has 7 heteroatoms. The molecule has 0 aliphatic rings. The van der Waals surface area contributed by atoms with Gasteiger partial charge < -0.3 is 19.0 Å². The summed E-state index contributed by atoms with van der Waals surface area (Å²) in [6.45, 7) is 1.34. The maximum Gasteiger partial charge on any atom is 0.344 e. The van der Waals surface area contributed by atoms with Gasteiger partial charge in [-0.15, -0.1) is 0 Å². The van der Waals surface area contributed by atoms with Crippen LogP contribution in [0.2, 0.25) is 5.02 Å². The Labute approximate surface area is 153 Å². The molecular formula is C19H15ClO6. The predicted octanol–water partition coefficient (Wildman–Crippen LogP) is 3.97. The summed E-state index contributed by atoms with van der Waals surface area (Å²) >= 11 is 5.96. The number of carboxylic acids is 1. The van der Waals surface area contributed by atoms with E-state index in [0.717, 1.165) is 0 Å². The van der Waals surface area contributed by atoms with E-state index in [1.54, 1.807) is 36.4 Å². The first-order chi connectivity index (χ1) is 12.4. The average Bonchev–Trinajstić information content (AvgIpc) is 2.64. The molecule has 1 atom stereocenters. The average molecular weight is 375 g/mol. The van der Waals surface area contributed by atoms with Crippen molar-refractivity contribution in [2.75, 3.05) is 7.11 Å². The zero-order chi connectivity index (χ0) is 18.8. The molecule has 26 heavy (non-hydrogen) atoms. The molecule has 0 amide bonds. The van der Waals surface area contributed by atoms with Gasteiger partial charge in [-0.25, -0.2) is 4.79 Å². The maximum atomic E-state index is 12.9. The van der Waals surface area contributed by atoms with Crippen LogP contribution in [0.3, 0.4) is 0 Å². The molecule has 0 bridgehead atoms. The minimum absolute atomic E-state index is 0.139. The van der Waals surface area contributed by atoms with Crippen molar-refractivity contribution in [3.05, 3.63) is 57.7 Å². The fraction of sp³-hybridized carbons (Fsp3) is 0.158. The Morgan fingerprint density at radius 1 is 1.19 bits per heavy atom. The highest BCUT2D eigenvalue weighted by atomic mass is 35.5. The number of hydrogen-bond donors (Lipinski definition) is 1. The zero-order valence-electron chi connectivity index (χ0n) is 14.0. The lowest BCUT2D eigenvalue weighted by molar-refractivity contribution is -0.144. The molecule has 0 radical (unpaired) electrons. The van der Waals surface area contributed by atoms with Crippen molar-refractivity contribution < 1.29 is 23.8 Å². The number of fused-ring (bicyclic) bond motifs is 1. The van der Waals surface area contributed by atoms with Crippen molar-refractivity contribution in [3.8, 4) is 22.8 Å². The van der Waals surface area contributed by atoms with Gasteiger partial charge in [-0.2, -0.15) is 0 Å². The van der Waals surface area contributed by atoms with E-state index in [-0.39, 0.29) is 16.9 Å². The van der Waals surface area contributed by atoms with Gasteiger partial charge in [0.1, 0.15) is 11.3 Å². The van der Waals surface area contributed by atoms with Crippen molar-refractivity contribution in [1.29, 1.82) is 0 Å². The van der Waals surface area contributed by atoms with E-state index < -0.39 is 17.5 Å². The van der Waals surface area contributed by atoms with E-state index in [2.05, 4.69) is 0 Å².